The van der Waals surface area contributed by atoms with Crippen LogP contribution in [-0.4, -0.2) is 34.3 Å². The van der Waals surface area contributed by atoms with Crippen LogP contribution in [0.5, 0.6) is 0 Å². The molecule has 1 unspecified atom stereocenters. The van der Waals surface area contributed by atoms with Crippen LogP contribution in [0.2, 0.25) is 0 Å². The molecule has 2 amide bonds. The summed E-state index contributed by atoms with van der Waals surface area (Å²) in [5, 5.41) is 3.84. The van der Waals surface area contributed by atoms with Crippen LogP contribution >= 0.6 is 11.3 Å². The minimum Gasteiger partial charge on any atom is -0.344 e. The molecule has 5 nitrogen and oxygen atoms in total. The van der Waals surface area contributed by atoms with E-state index in [1.54, 1.807) is 22.4 Å². The first kappa shape index (κ1) is 15.0. The van der Waals surface area contributed by atoms with Crippen molar-refractivity contribution in [3.05, 3.63) is 16.1 Å². The van der Waals surface area contributed by atoms with Crippen molar-refractivity contribution in [2.75, 3.05) is 6.54 Å². The Morgan fingerprint density at radius 3 is 2.70 bits per heavy atom. The summed E-state index contributed by atoms with van der Waals surface area (Å²) >= 11 is 1.59. The van der Waals surface area contributed by atoms with Gasteiger partial charge in [0.15, 0.2) is 0 Å². The molecule has 2 rings (SSSR count). The Balaban J connectivity index is 2.19. The lowest BCUT2D eigenvalue weighted by Gasteiger charge is -2.32. The molecule has 20 heavy (non-hydrogen) atoms. The van der Waals surface area contributed by atoms with Crippen molar-refractivity contribution >= 4 is 23.2 Å². The van der Waals surface area contributed by atoms with Gasteiger partial charge in [-0.15, -0.1) is 11.3 Å². The first-order valence-electron chi connectivity index (χ1n) is 6.77. The summed E-state index contributed by atoms with van der Waals surface area (Å²) < 4.78 is 0. The third kappa shape index (κ3) is 3.36. The molecule has 1 fully saturated rings. The lowest BCUT2D eigenvalue weighted by atomic mass is 9.86. The predicted molar refractivity (Wildman–Crippen MR) is 78.3 cm³/mol. The van der Waals surface area contributed by atoms with Crippen LogP contribution in [0, 0.1) is 12.3 Å². The van der Waals surface area contributed by atoms with E-state index >= 15 is 0 Å². The standard InChI is InChI=1S/C14H21N3O2S/c1-9-15-7-10(20-9)8-17-6-5-11(18)16-12(13(17)19)14(2,3)4/h7,12H,5-6,8H2,1-4H3,(H,16,18). The number of nitrogens with zero attached hydrogens (tertiary/aromatic N) is 2. The number of aromatic nitrogens is 1. The predicted octanol–water partition coefficient (Wildman–Crippen LogP) is 1.71. The molecule has 6 heteroatoms. The van der Waals surface area contributed by atoms with Gasteiger partial charge < -0.3 is 10.2 Å². The van der Waals surface area contributed by atoms with E-state index in [0.717, 1.165) is 9.88 Å². The lowest BCUT2D eigenvalue weighted by Crippen LogP contribution is -2.51. The highest BCUT2D eigenvalue weighted by atomic mass is 32.1. The molecule has 1 atom stereocenters. The number of nitrogens with one attached hydrogen (secondary N) is 1. The number of amides is 2. The summed E-state index contributed by atoms with van der Waals surface area (Å²) in [6.45, 7) is 8.85. The Kier molecular flexibility index (Phi) is 4.13. The van der Waals surface area contributed by atoms with Crippen molar-refractivity contribution in [2.24, 2.45) is 5.41 Å². The molecule has 0 aromatic carbocycles. The number of thiazole rings is 1. The fourth-order valence-corrected chi connectivity index (χ4v) is 3.05. The maximum Gasteiger partial charge on any atom is 0.246 e. The molecule has 1 saturated heterocycles. The zero-order valence-corrected chi connectivity index (χ0v) is 13.2. The molecular formula is C14H21N3O2S. The van der Waals surface area contributed by atoms with Gasteiger partial charge in [-0.3, -0.25) is 9.59 Å². The fourth-order valence-electron chi connectivity index (χ4n) is 2.23. The number of hydrogen-bond acceptors (Lipinski definition) is 4. The Morgan fingerprint density at radius 1 is 1.45 bits per heavy atom. The van der Waals surface area contributed by atoms with Gasteiger partial charge in [0.1, 0.15) is 6.04 Å². The smallest absolute Gasteiger partial charge is 0.246 e. The van der Waals surface area contributed by atoms with Crippen molar-refractivity contribution in [2.45, 2.75) is 46.7 Å². The lowest BCUT2D eigenvalue weighted by molar-refractivity contribution is -0.136. The molecule has 1 aliphatic heterocycles. The minimum atomic E-state index is -0.466. The van der Waals surface area contributed by atoms with E-state index in [9.17, 15) is 9.59 Å². The SMILES string of the molecule is Cc1ncc(CN2CCC(=O)NC(C(C)(C)C)C2=O)s1. The molecule has 0 aliphatic carbocycles. The third-order valence-corrected chi connectivity index (χ3v) is 4.25. The molecule has 1 aromatic heterocycles. The van der Waals surface area contributed by atoms with Crippen LogP contribution in [0.4, 0.5) is 0 Å². The fraction of sp³-hybridized carbons (Fsp3) is 0.643. The van der Waals surface area contributed by atoms with Crippen molar-refractivity contribution < 1.29 is 9.59 Å². The van der Waals surface area contributed by atoms with Gasteiger partial charge in [0.2, 0.25) is 11.8 Å². The number of carbonyl (C=O) groups is 2. The molecule has 0 bridgehead atoms. The quantitative estimate of drug-likeness (QED) is 0.903. The summed E-state index contributed by atoms with van der Waals surface area (Å²) in [7, 11) is 0. The maximum absolute atomic E-state index is 12.6. The molecule has 1 aromatic rings. The van der Waals surface area contributed by atoms with Gasteiger partial charge in [-0.2, -0.15) is 0 Å². The molecule has 0 spiro atoms. The number of hydrogen-bond donors (Lipinski definition) is 1. The van der Waals surface area contributed by atoms with Crippen molar-refractivity contribution in [1.82, 2.24) is 15.2 Å². The first-order valence-corrected chi connectivity index (χ1v) is 7.58. The van der Waals surface area contributed by atoms with E-state index in [4.69, 9.17) is 0 Å². The normalized spacial score (nSPS) is 20.8. The van der Waals surface area contributed by atoms with Gasteiger partial charge in [-0.1, -0.05) is 20.8 Å². The highest BCUT2D eigenvalue weighted by Gasteiger charge is 2.37. The second-order valence-corrected chi connectivity index (χ2v) is 7.54. The monoisotopic (exact) mass is 295 g/mol. The zero-order valence-electron chi connectivity index (χ0n) is 12.4. The van der Waals surface area contributed by atoms with Crippen LogP contribution in [0.25, 0.3) is 0 Å². The minimum absolute atomic E-state index is 0.00518. The van der Waals surface area contributed by atoms with Gasteiger partial charge in [-0.05, 0) is 12.3 Å². The van der Waals surface area contributed by atoms with Gasteiger partial charge >= 0.3 is 0 Å². The van der Waals surface area contributed by atoms with E-state index in [1.807, 2.05) is 27.7 Å². The number of aryl methyl sites for hydroxylation is 1. The van der Waals surface area contributed by atoms with E-state index in [2.05, 4.69) is 10.3 Å². The van der Waals surface area contributed by atoms with Crippen LogP contribution in [0.3, 0.4) is 0 Å². The van der Waals surface area contributed by atoms with Gasteiger partial charge in [0.05, 0.1) is 11.6 Å². The van der Waals surface area contributed by atoms with Crippen molar-refractivity contribution in [1.29, 1.82) is 0 Å². The summed E-state index contributed by atoms with van der Waals surface area (Å²) in [4.78, 5) is 31.5. The van der Waals surface area contributed by atoms with Gasteiger partial charge in [-0.25, -0.2) is 4.98 Å². The summed E-state index contributed by atoms with van der Waals surface area (Å²) in [5.41, 5.74) is -0.293. The maximum atomic E-state index is 12.6. The van der Waals surface area contributed by atoms with Gasteiger partial charge in [0.25, 0.3) is 0 Å². The van der Waals surface area contributed by atoms with Crippen molar-refractivity contribution in [3.63, 3.8) is 0 Å². The molecule has 1 N–H and O–H groups in total. The van der Waals surface area contributed by atoms with Crippen molar-refractivity contribution in [3.8, 4) is 0 Å². The van der Waals surface area contributed by atoms with Crippen LogP contribution in [0.1, 0.15) is 37.1 Å². The summed E-state index contributed by atoms with van der Waals surface area (Å²) in [6, 6.07) is -0.466. The summed E-state index contributed by atoms with van der Waals surface area (Å²) in [6.07, 6.45) is 2.16. The Hall–Kier alpha value is -1.43. The van der Waals surface area contributed by atoms with Crippen LogP contribution in [0.15, 0.2) is 6.20 Å². The largest absolute Gasteiger partial charge is 0.344 e. The average molecular weight is 295 g/mol. The Morgan fingerprint density at radius 2 is 2.15 bits per heavy atom. The second kappa shape index (κ2) is 5.52. The van der Waals surface area contributed by atoms with Crippen LogP contribution in [-0.2, 0) is 16.1 Å². The third-order valence-electron chi connectivity index (χ3n) is 3.35. The molecule has 1 aliphatic rings. The van der Waals surface area contributed by atoms with E-state index < -0.39 is 6.04 Å². The second-order valence-electron chi connectivity index (χ2n) is 6.22. The summed E-state index contributed by atoms with van der Waals surface area (Å²) in [5.74, 6) is -0.0596. The molecular weight excluding hydrogens is 274 g/mol. The zero-order chi connectivity index (χ0) is 14.9. The highest BCUT2D eigenvalue weighted by molar-refractivity contribution is 7.11. The molecule has 2 heterocycles. The van der Waals surface area contributed by atoms with Gasteiger partial charge in [0, 0.05) is 24.0 Å². The van der Waals surface area contributed by atoms with E-state index in [0.29, 0.717) is 19.5 Å². The Labute approximate surface area is 123 Å². The topological polar surface area (TPSA) is 62.3 Å². The molecule has 0 saturated carbocycles. The first-order chi connectivity index (χ1) is 9.27. The van der Waals surface area contributed by atoms with Crippen LogP contribution < -0.4 is 5.32 Å². The Bertz CT molecular complexity index is 519. The molecule has 0 radical (unpaired) electrons. The molecule has 110 valence electrons. The number of carbonyl (C=O) groups excluding carboxylic acids is 2. The van der Waals surface area contributed by atoms with E-state index in [1.165, 1.54) is 0 Å². The van der Waals surface area contributed by atoms with E-state index in [-0.39, 0.29) is 17.2 Å². The average Bonchev–Trinajstić information content (AvgIpc) is 2.68. The number of rotatable bonds is 2. The highest BCUT2D eigenvalue weighted by Crippen LogP contribution is 2.24.